The van der Waals surface area contributed by atoms with Gasteiger partial charge in [0.2, 0.25) is 0 Å². The Kier molecular flexibility index (Phi) is 4.24. The van der Waals surface area contributed by atoms with Gasteiger partial charge in [0.05, 0.1) is 4.70 Å². The van der Waals surface area contributed by atoms with E-state index in [9.17, 15) is 14.0 Å². The zero-order valence-corrected chi connectivity index (χ0v) is 16.3. The predicted octanol–water partition coefficient (Wildman–Crippen LogP) is 5.80. The van der Waals surface area contributed by atoms with E-state index in [1.807, 2.05) is 18.2 Å². The fourth-order valence-electron chi connectivity index (χ4n) is 3.07. The average molecular weight is 394 g/mol. The third kappa shape index (κ3) is 3.16. The Morgan fingerprint density at radius 2 is 1.79 bits per heavy atom. The Bertz CT molecular complexity index is 1240. The first kappa shape index (κ1) is 18.3. The summed E-state index contributed by atoms with van der Waals surface area (Å²) in [7, 11) is 0. The number of rotatable bonds is 2. The molecule has 0 atom stereocenters. The van der Waals surface area contributed by atoms with Crippen molar-refractivity contribution in [1.29, 1.82) is 5.26 Å². The number of aromatic amines is 1. The van der Waals surface area contributed by atoms with Crippen LogP contribution in [0.1, 0.15) is 32.0 Å². The first-order chi connectivity index (χ1) is 13.3. The number of nitriles is 1. The van der Waals surface area contributed by atoms with E-state index in [1.54, 1.807) is 6.07 Å². The summed E-state index contributed by atoms with van der Waals surface area (Å²) in [6.07, 6.45) is 0. The molecule has 0 amide bonds. The van der Waals surface area contributed by atoms with Crippen LogP contribution in [0.5, 0.6) is 0 Å². The molecule has 28 heavy (non-hydrogen) atoms. The number of benzene rings is 2. The molecule has 0 bridgehead atoms. The topological polar surface area (TPSA) is 65.4 Å². The van der Waals surface area contributed by atoms with Gasteiger partial charge in [-0.1, -0.05) is 26.0 Å². The summed E-state index contributed by atoms with van der Waals surface area (Å²) in [5.41, 5.74) is 3.23. The molecule has 1 N–H and O–H groups in total. The standard InChI is InChI=1S/C21H16F2N4S/c1-21(2,3)14-5-11(4-12(6-14)19-17(10-24)25-27-26-19)18-8-13-7-15(22)9-16(23)20(13)28-18/h4-9H,1-3H3,(H,25,26,27). The van der Waals surface area contributed by atoms with Gasteiger partial charge in [0.25, 0.3) is 0 Å². The number of fused-ring (bicyclic) bond motifs is 1. The van der Waals surface area contributed by atoms with Crippen molar-refractivity contribution in [2.24, 2.45) is 0 Å². The minimum absolute atomic E-state index is 0.157. The monoisotopic (exact) mass is 394 g/mol. The minimum atomic E-state index is -0.597. The second kappa shape index (κ2) is 6.50. The largest absolute Gasteiger partial charge is 0.247 e. The van der Waals surface area contributed by atoms with Crippen molar-refractivity contribution < 1.29 is 8.78 Å². The third-order valence-electron chi connectivity index (χ3n) is 4.55. The molecule has 2 aromatic heterocycles. The number of H-pyrrole nitrogens is 1. The molecule has 2 heterocycles. The van der Waals surface area contributed by atoms with Crippen molar-refractivity contribution in [3.63, 3.8) is 0 Å². The van der Waals surface area contributed by atoms with E-state index in [0.29, 0.717) is 15.8 Å². The molecular weight excluding hydrogens is 378 g/mol. The molecule has 0 unspecified atom stereocenters. The maximum absolute atomic E-state index is 14.2. The van der Waals surface area contributed by atoms with Gasteiger partial charge in [0, 0.05) is 16.5 Å². The van der Waals surface area contributed by atoms with Crippen LogP contribution in [-0.2, 0) is 5.41 Å². The number of nitrogens with zero attached hydrogens (tertiary/aromatic N) is 3. The summed E-state index contributed by atoms with van der Waals surface area (Å²) in [4.78, 5) is 0.814. The van der Waals surface area contributed by atoms with E-state index < -0.39 is 11.6 Å². The van der Waals surface area contributed by atoms with Gasteiger partial charge in [-0.05, 0) is 52.3 Å². The molecule has 0 aliphatic carbocycles. The van der Waals surface area contributed by atoms with Crippen LogP contribution in [0.3, 0.4) is 0 Å². The second-order valence-electron chi connectivity index (χ2n) is 7.61. The lowest BCUT2D eigenvalue weighted by molar-refractivity contribution is 0.590. The highest BCUT2D eigenvalue weighted by Crippen LogP contribution is 2.39. The molecule has 0 saturated heterocycles. The lowest BCUT2D eigenvalue weighted by atomic mass is 9.84. The Morgan fingerprint density at radius 3 is 2.50 bits per heavy atom. The molecule has 7 heteroatoms. The van der Waals surface area contributed by atoms with Crippen LogP contribution in [0, 0.1) is 23.0 Å². The van der Waals surface area contributed by atoms with Crippen LogP contribution in [0.15, 0.2) is 36.4 Å². The molecule has 2 aromatic carbocycles. The Balaban J connectivity index is 1.95. The lowest BCUT2D eigenvalue weighted by Crippen LogP contribution is -2.11. The number of halogens is 2. The molecule has 0 radical (unpaired) electrons. The van der Waals surface area contributed by atoms with E-state index in [4.69, 9.17) is 0 Å². The highest BCUT2D eigenvalue weighted by Gasteiger charge is 2.20. The Hall–Kier alpha value is -3.11. The smallest absolute Gasteiger partial charge is 0.163 e. The first-order valence-electron chi connectivity index (χ1n) is 8.62. The molecular formula is C21H16F2N4S. The molecule has 0 spiro atoms. The minimum Gasteiger partial charge on any atom is -0.247 e. The zero-order chi connectivity index (χ0) is 20.1. The number of nitrogens with one attached hydrogen (secondary N) is 1. The van der Waals surface area contributed by atoms with Crippen molar-refractivity contribution in [3.05, 3.63) is 59.3 Å². The fraction of sp³-hybridized carbons (Fsp3) is 0.190. The van der Waals surface area contributed by atoms with E-state index in [0.717, 1.165) is 27.6 Å². The number of hydrogen-bond acceptors (Lipinski definition) is 4. The molecule has 4 rings (SSSR count). The number of aromatic nitrogens is 3. The molecule has 4 nitrogen and oxygen atoms in total. The van der Waals surface area contributed by atoms with Crippen molar-refractivity contribution in [2.75, 3.05) is 0 Å². The van der Waals surface area contributed by atoms with Gasteiger partial charge < -0.3 is 0 Å². The van der Waals surface area contributed by atoms with Gasteiger partial charge in [-0.25, -0.2) is 13.9 Å². The predicted molar refractivity (Wildman–Crippen MR) is 106 cm³/mol. The highest BCUT2D eigenvalue weighted by molar-refractivity contribution is 7.22. The summed E-state index contributed by atoms with van der Waals surface area (Å²) in [5.74, 6) is -1.17. The average Bonchev–Trinajstić information content (AvgIpc) is 3.27. The van der Waals surface area contributed by atoms with Gasteiger partial charge in [0.15, 0.2) is 5.69 Å². The van der Waals surface area contributed by atoms with Crippen molar-refractivity contribution >= 4 is 21.4 Å². The summed E-state index contributed by atoms with van der Waals surface area (Å²) in [6.45, 7) is 6.26. The quantitative estimate of drug-likeness (QED) is 0.467. The molecule has 0 aliphatic heterocycles. The van der Waals surface area contributed by atoms with E-state index in [2.05, 4.69) is 42.3 Å². The van der Waals surface area contributed by atoms with E-state index in [1.165, 1.54) is 17.4 Å². The maximum atomic E-state index is 14.2. The van der Waals surface area contributed by atoms with Crippen LogP contribution in [0.4, 0.5) is 8.78 Å². The fourth-order valence-corrected chi connectivity index (χ4v) is 4.10. The van der Waals surface area contributed by atoms with Crippen molar-refractivity contribution in [2.45, 2.75) is 26.2 Å². The number of thiophene rings is 1. The SMILES string of the molecule is CC(C)(C)c1cc(-c2cc3cc(F)cc(F)c3s2)cc(-c2nn[nH]c2C#N)c1. The highest BCUT2D eigenvalue weighted by atomic mass is 32.1. The third-order valence-corrected chi connectivity index (χ3v) is 5.76. The van der Waals surface area contributed by atoms with E-state index in [-0.39, 0.29) is 11.1 Å². The van der Waals surface area contributed by atoms with Crippen LogP contribution in [0.25, 0.3) is 31.8 Å². The molecule has 140 valence electrons. The van der Waals surface area contributed by atoms with Gasteiger partial charge in [0.1, 0.15) is 23.4 Å². The molecule has 4 aromatic rings. The maximum Gasteiger partial charge on any atom is 0.163 e. The van der Waals surface area contributed by atoms with Crippen molar-refractivity contribution in [3.8, 4) is 27.8 Å². The molecule has 0 aliphatic rings. The Labute approximate surface area is 164 Å². The summed E-state index contributed by atoms with van der Waals surface area (Å²) in [5, 5.41) is 20.2. The van der Waals surface area contributed by atoms with Gasteiger partial charge in [-0.3, -0.25) is 0 Å². The molecule has 0 saturated carbocycles. The summed E-state index contributed by atoms with van der Waals surface area (Å²) < 4.78 is 28.2. The second-order valence-corrected chi connectivity index (χ2v) is 8.67. The van der Waals surface area contributed by atoms with Crippen LogP contribution < -0.4 is 0 Å². The van der Waals surface area contributed by atoms with Crippen LogP contribution in [-0.4, -0.2) is 15.4 Å². The van der Waals surface area contributed by atoms with Gasteiger partial charge in [-0.2, -0.15) is 5.26 Å². The van der Waals surface area contributed by atoms with Crippen LogP contribution >= 0.6 is 11.3 Å². The van der Waals surface area contributed by atoms with Gasteiger partial charge >= 0.3 is 0 Å². The first-order valence-corrected chi connectivity index (χ1v) is 9.44. The number of hydrogen-bond donors (Lipinski definition) is 1. The lowest BCUT2D eigenvalue weighted by Gasteiger charge is -2.21. The Morgan fingerprint density at radius 1 is 1.04 bits per heavy atom. The zero-order valence-electron chi connectivity index (χ0n) is 15.5. The summed E-state index contributed by atoms with van der Waals surface area (Å²) >= 11 is 1.27. The normalized spacial score (nSPS) is 11.7. The van der Waals surface area contributed by atoms with Gasteiger partial charge in [-0.15, -0.1) is 16.4 Å². The molecule has 0 fully saturated rings. The summed E-state index contributed by atoms with van der Waals surface area (Å²) in [6, 6.07) is 12.0. The van der Waals surface area contributed by atoms with E-state index >= 15 is 0 Å². The van der Waals surface area contributed by atoms with Crippen LogP contribution in [0.2, 0.25) is 0 Å². The van der Waals surface area contributed by atoms with Crippen molar-refractivity contribution in [1.82, 2.24) is 15.4 Å².